The fourth-order valence-corrected chi connectivity index (χ4v) is 4.90. The number of ether oxygens (including phenoxy) is 1. The zero-order valence-electron chi connectivity index (χ0n) is 16.5. The molecule has 0 radical (unpaired) electrons. The number of amides is 1. The van der Waals surface area contributed by atoms with Crippen LogP contribution < -0.4 is 10.1 Å². The number of aryl methyl sites for hydroxylation is 1. The molecule has 0 saturated carbocycles. The number of phenolic OH excluding ortho intramolecular Hbond substituents is 1. The monoisotopic (exact) mass is 420 g/mol. The number of fused-ring (bicyclic) bond motifs is 2. The highest BCUT2D eigenvalue weighted by molar-refractivity contribution is 7.20. The standard InChI is InChI=1S/C22H20N4O3S/c1-3-29-15-7-8-17-18(10-15)30-22(23-17)26-21-20(12(2)25-26)16(11-19(28)24-21)13-5-4-6-14(27)9-13/h4-10,16,27H,3,11H2,1-2H3,(H,24,28). The molecule has 8 heteroatoms. The van der Waals surface area contributed by atoms with E-state index in [0.717, 1.165) is 32.8 Å². The number of hydrogen-bond acceptors (Lipinski definition) is 6. The van der Waals surface area contributed by atoms with Crippen LogP contribution in [0.1, 0.15) is 36.1 Å². The van der Waals surface area contributed by atoms with E-state index in [9.17, 15) is 9.90 Å². The van der Waals surface area contributed by atoms with Crippen molar-refractivity contribution in [2.75, 3.05) is 11.9 Å². The molecule has 2 aromatic carbocycles. The number of carbonyl (C=O) groups excluding carboxylic acids is 1. The molecule has 7 nitrogen and oxygen atoms in total. The van der Waals surface area contributed by atoms with Crippen molar-refractivity contribution in [3.63, 3.8) is 0 Å². The van der Waals surface area contributed by atoms with E-state index in [0.29, 0.717) is 24.0 Å². The minimum absolute atomic E-state index is 0.0864. The van der Waals surface area contributed by atoms with Gasteiger partial charge in [0.1, 0.15) is 17.3 Å². The van der Waals surface area contributed by atoms with Gasteiger partial charge in [0.15, 0.2) is 0 Å². The van der Waals surface area contributed by atoms with Crippen LogP contribution in [-0.4, -0.2) is 32.4 Å². The summed E-state index contributed by atoms with van der Waals surface area (Å²) in [6, 6.07) is 12.8. The summed E-state index contributed by atoms with van der Waals surface area (Å²) in [5.74, 6) is 1.36. The van der Waals surface area contributed by atoms with Crippen LogP contribution in [0.2, 0.25) is 0 Å². The first kappa shape index (κ1) is 18.6. The molecule has 3 heterocycles. The first-order chi connectivity index (χ1) is 14.5. The van der Waals surface area contributed by atoms with Gasteiger partial charge in [-0.1, -0.05) is 23.5 Å². The predicted molar refractivity (Wildman–Crippen MR) is 116 cm³/mol. The second-order valence-electron chi connectivity index (χ2n) is 7.22. The molecule has 2 aromatic heterocycles. The Hall–Kier alpha value is -3.39. The highest BCUT2D eigenvalue weighted by atomic mass is 32.1. The van der Waals surface area contributed by atoms with Gasteiger partial charge in [0.2, 0.25) is 11.0 Å². The molecule has 1 atom stereocenters. The third-order valence-electron chi connectivity index (χ3n) is 5.22. The van der Waals surface area contributed by atoms with Crippen molar-refractivity contribution in [3.8, 4) is 16.6 Å². The molecule has 1 aliphatic rings. The first-order valence-corrected chi connectivity index (χ1v) is 10.6. The van der Waals surface area contributed by atoms with Gasteiger partial charge >= 0.3 is 0 Å². The maximum absolute atomic E-state index is 12.5. The van der Waals surface area contributed by atoms with Crippen LogP contribution in [0.3, 0.4) is 0 Å². The summed E-state index contributed by atoms with van der Waals surface area (Å²) in [5.41, 5.74) is 3.52. The summed E-state index contributed by atoms with van der Waals surface area (Å²) < 4.78 is 8.29. The number of nitrogens with one attached hydrogen (secondary N) is 1. The average molecular weight is 420 g/mol. The largest absolute Gasteiger partial charge is 0.508 e. The molecule has 30 heavy (non-hydrogen) atoms. The molecule has 1 amide bonds. The third-order valence-corrected chi connectivity index (χ3v) is 6.21. The number of anilines is 1. The summed E-state index contributed by atoms with van der Waals surface area (Å²) in [7, 11) is 0. The Morgan fingerprint density at radius 1 is 1.30 bits per heavy atom. The van der Waals surface area contributed by atoms with Crippen LogP contribution in [0.5, 0.6) is 11.5 Å². The van der Waals surface area contributed by atoms with Crippen LogP contribution in [0.4, 0.5) is 5.82 Å². The van der Waals surface area contributed by atoms with Gasteiger partial charge in [0.05, 0.1) is 22.5 Å². The van der Waals surface area contributed by atoms with Gasteiger partial charge in [-0.25, -0.2) is 4.98 Å². The molecule has 1 aliphatic heterocycles. The van der Waals surface area contributed by atoms with Crippen molar-refractivity contribution < 1.29 is 14.6 Å². The topological polar surface area (TPSA) is 89.3 Å². The number of nitrogens with zero attached hydrogens (tertiary/aromatic N) is 3. The van der Waals surface area contributed by atoms with E-state index in [1.54, 1.807) is 22.9 Å². The Kier molecular flexibility index (Phi) is 4.43. The van der Waals surface area contributed by atoms with E-state index >= 15 is 0 Å². The summed E-state index contributed by atoms with van der Waals surface area (Å²) >= 11 is 1.50. The lowest BCUT2D eigenvalue weighted by molar-refractivity contribution is -0.116. The second kappa shape index (κ2) is 7.14. The SMILES string of the molecule is CCOc1ccc2nc(-n3nc(C)c4c3NC(=O)CC4c3cccc(O)c3)sc2c1. The van der Waals surface area contributed by atoms with Crippen molar-refractivity contribution >= 4 is 33.3 Å². The number of benzene rings is 2. The zero-order chi connectivity index (χ0) is 20.8. The first-order valence-electron chi connectivity index (χ1n) is 9.75. The van der Waals surface area contributed by atoms with Crippen LogP contribution in [-0.2, 0) is 4.79 Å². The average Bonchev–Trinajstić information content (AvgIpc) is 3.28. The molecule has 0 spiro atoms. The van der Waals surface area contributed by atoms with Crippen LogP contribution in [0, 0.1) is 6.92 Å². The molecule has 4 aromatic rings. The summed E-state index contributed by atoms with van der Waals surface area (Å²) in [6.45, 7) is 4.49. The van der Waals surface area contributed by atoms with Crippen LogP contribution in [0.25, 0.3) is 15.3 Å². The summed E-state index contributed by atoms with van der Waals surface area (Å²) in [4.78, 5) is 17.2. The molecule has 0 saturated heterocycles. The molecule has 152 valence electrons. The van der Waals surface area contributed by atoms with Crippen LogP contribution in [0.15, 0.2) is 42.5 Å². The van der Waals surface area contributed by atoms with E-state index in [1.165, 1.54) is 11.3 Å². The molecular weight excluding hydrogens is 400 g/mol. The molecule has 0 fully saturated rings. The van der Waals surface area contributed by atoms with E-state index in [1.807, 2.05) is 38.1 Å². The third kappa shape index (κ3) is 3.09. The molecule has 1 unspecified atom stereocenters. The number of carbonyl (C=O) groups is 1. The lowest BCUT2D eigenvalue weighted by atomic mass is 9.86. The van der Waals surface area contributed by atoms with Crippen molar-refractivity contribution in [2.24, 2.45) is 0 Å². The summed E-state index contributed by atoms with van der Waals surface area (Å²) in [6.07, 6.45) is 0.306. The fraction of sp³-hybridized carbons (Fsp3) is 0.227. The Morgan fingerprint density at radius 3 is 2.97 bits per heavy atom. The Bertz CT molecular complexity index is 1280. The minimum Gasteiger partial charge on any atom is -0.508 e. The van der Waals surface area contributed by atoms with E-state index in [4.69, 9.17) is 14.8 Å². The molecular formula is C22H20N4O3S. The number of aromatic nitrogens is 3. The van der Waals surface area contributed by atoms with E-state index in [2.05, 4.69) is 5.32 Å². The van der Waals surface area contributed by atoms with Gasteiger partial charge in [-0.05, 0) is 49.7 Å². The lowest BCUT2D eigenvalue weighted by Gasteiger charge is -2.24. The van der Waals surface area contributed by atoms with Crippen molar-refractivity contribution in [1.82, 2.24) is 14.8 Å². The number of aromatic hydroxyl groups is 1. The van der Waals surface area contributed by atoms with E-state index in [-0.39, 0.29) is 17.6 Å². The Labute approximate surface area is 176 Å². The van der Waals surface area contributed by atoms with Gasteiger partial charge in [0, 0.05) is 17.9 Å². The fourth-order valence-electron chi connectivity index (χ4n) is 3.95. The molecule has 0 bridgehead atoms. The highest BCUT2D eigenvalue weighted by Gasteiger charge is 2.33. The Balaban J connectivity index is 1.63. The quantitative estimate of drug-likeness (QED) is 0.512. The number of hydrogen-bond donors (Lipinski definition) is 2. The van der Waals surface area contributed by atoms with Crippen LogP contribution >= 0.6 is 11.3 Å². The lowest BCUT2D eigenvalue weighted by Crippen LogP contribution is -2.24. The van der Waals surface area contributed by atoms with Gasteiger partial charge in [-0.3, -0.25) is 4.79 Å². The smallest absolute Gasteiger partial charge is 0.226 e. The second-order valence-corrected chi connectivity index (χ2v) is 8.23. The zero-order valence-corrected chi connectivity index (χ0v) is 17.4. The van der Waals surface area contributed by atoms with Crippen molar-refractivity contribution in [1.29, 1.82) is 0 Å². The van der Waals surface area contributed by atoms with E-state index < -0.39 is 0 Å². The maximum Gasteiger partial charge on any atom is 0.226 e. The Morgan fingerprint density at radius 2 is 2.17 bits per heavy atom. The van der Waals surface area contributed by atoms with Gasteiger partial charge in [-0.15, -0.1) is 0 Å². The van der Waals surface area contributed by atoms with Gasteiger partial charge in [0.25, 0.3) is 0 Å². The minimum atomic E-state index is -0.173. The maximum atomic E-state index is 12.5. The number of thiazole rings is 1. The molecule has 2 N–H and O–H groups in total. The molecule has 0 aliphatic carbocycles. The van der Waals surface area contributed by atoms with Crippen molar-refractivity contribution in [2.45, 2.75) is 26.2 Å². The van der Waals surface area contributed by atoms with Gasteiger partial charge in [-0.2, -0.15) is 9.78 Å². The van der Waals surface area contributed by atoms with Gasteiger partial charge < -0.3 is 15.2 Å². The molecule has 5 rings (SSSR count). The predicted octanol–water partition coefficient (Wildman–Crippen LogP) is 4.37. The normalized spacial score (nSPS) is 15.8. The highest BCUT2D eigenvalue weighted by Crippen LogP contribution is 2.41. The number of rotatable bonds is 4. The summed E-state index contributed by atoms with van der Waals surface area (Å²) in [5, 5.41) is 18.3. The number of phenols is 1. The van der Waals surface area contributed by atoms with Crippen molar-refractivity contribution in [3.05, 3.63) is 59.3 Å².